The molecule has 0 spiro atoms. The Hall–Kier alpha value is -3.59. The second kappa shape index (κ2) is 63.9. The zero-order chi connectivity index (χ0) is 61.2. The summed E-state index contributed by atoms with van der Waals surface area (Å²) in [6.07, 6.45) is 91.5. The van der Waals surface area contributed by atoms with Gasteiger partial charge in [0.2, 0.25) is 0 Å². The average molecular weight is 1190 g/mol. The summed E-state index contributed by atoms with van der Waals surface area (Å²) in [6.45, 7) is 4.31. The van der Waals surface area contributed by atoms with Crippen LogP contribution >= 0.6 is 7.82 Å². The molecule has 1 N–H and O–H groups in total. The van der Waals surface area contributed by atoms with Crippen LogP contribution in [0, 0.1) is 0 Å². The fourth-order valence-electron chi connectivity index (χ4n) is 9.28. The molecule has 9 nitrogen and oxygen atoms in total. The maximum atomic E-state index is 12.9. The molecule has 2 unspecified atom stereocenters. The van der Waals surface area contributed by atoms with Crippen molar-refractivity contribution < 1.29 is 42.1 Å². The van der Waals surface area contributed by atoms with E-state index in [0.29, 0.717) is 17.4 Å². The summed E-state index contributed by atoms with van der Waals surface area (Å²) in [7, 11) is 1.45. The number of phosphoric ester groups is 1. The molecule has 482 valence electrons. The third-order valence-corrected chi connectivity index (χ3v) is 15.5. The van der Waals surface area contributed by atoms with E-state index < -0.39 is 26.5 Å². The van der Waals surface area contributed by atoms with Crippen LogP contribution in [0.25, 0.3) is 0 Å². The van der Waals surface area contributed by atoms with Gasteiger partial charge >= 0.3 is 19.8 Å². The van der Waals surface area contributed by atoms with E-state index >= 15 is 0 Å². The Morgan fingerprint density at radius 3 is 1.01 bits per heavy atom. The van der Waals surface area contributed by atoms with Gasteiger partial charge in [-0.25, -0.2) is 4.57 Å². The number of ether oxygens (including phenoxy) is 2. The standard InChI is InChI=1S/C74H128NO8P/c1-6-8-10-12-14-16-18-20-22-24-26-28-30-32-33-34-35-36-37-38-39-40-41-43-45-47-49-51-53-55-57-59-61-63-65-67-74(77)83-72(71-82-84(78,79)81-69-68-75(3,4)5)70-80-73(76)66-64-62-60-58-56-54-52-50-48-46-44-42-31-29-27-25-23-21-19-17-15-13-11-9-7-2/h8,10,14,16,20,22,26,28,32-33,35-36,38-39,41,43,47,49,53,55,72H,6-7,9,11-13,15,17-19,21,23-25,27,29-31,34,37,40,42,44-46,48,50-52,54,56-71H2,1-5H3/p+1/b10-8-,16-14-,22-20-,28-26-,33-32-,36-35-,39-38-,43-41-,49-47-,55-53-. The topological polar surface area (TPSA) is 108 Å². The van der Waals surface area contributed by atoms with Crippen molar-refractivity contribution in [1.82, 2.24) is 0 Å². The van der Waals surface area contributed by atoms with Crippen molar-refractivity contribution in [2.24, 2.45) is 0 Å². The summed E-state index contributed by atoms with van der Waals surface area (Å²) >= 11 is 0. The van der Waals surface area contributed by atoms with E-state index in [9.17, 15) is 19.0 Å². The number of hydrogen-bond acceptors (Lipinski definition) is 7. The minimum atomic E-state index is -4.41. The average Bonchev–Trinajstić information content (AvgIpc) is 3.61. The number of carbonyl (C=O) groups excluding carboxylic acids is 2. The number of nitrogens with zero attached hydrogens (tertiary/aromatic N) is 1. The lowest BCUT2D eigenvalue weighted by Gasteiger charge is -2.24. The highest BCUT2D eigenvalue weighted by atomic mass is 31.2. The van der Waals surface area contributed by atoms with Crippen molar-refractivity contribution in [2.75, 3.05) is 47.5 Å². The monoisotopic (exact) mass is 1190 g/mol. The number of allylic oxidation sites excluding steroid dienone is 20. The van der Waals surface area contributed by atoms with Crippen LogP contribution in [-0.4, -0.2) is 74.9 Å². The van der Waals surface area contributed by atoms with Crippen LogP contribution in [0.2, 0.25) is 0 Å². The quantitative estimate of drug-likeness (QED) is 0.0211. The van der Waals surface area contributed by atoms with E-state index in [4.69, 9.17) is 18.5 Å². The minimum Gasteiger partial charge on any atom is -0.462 e. The van der Waals surface area contributed by atoms with E-state index in [2.05, 4.69) is 135 Å². The number of hydrogen-bond donors (Lipinski definition) is 1. The van der Waals surface area contributed by atoms with Crippen LogP contribution in [0.4, 0.5) is 0 Å². The lowest BCUT2D eigenvalue weighted by atomic mass is 10.0. The first-order valence-corrected chi connectivity index (χ1v) is 35.8. The lowest BCUT2D eigenvalue weighted by molar-refractivity contribution is -0.870. The molecule has 0 saturated heterocycles. The Kier molecular flexibility index (Phi) is 61.2. The molecule has 0 aliphatic heterocycles. The zero-order valence-corrected chi connectivity index (χ0v) is 55.7. The smallest absolute Gasteiger partial charge is 0.462 e. The largest absolute Gasteiger partial charge is 0.472 e. The van der Waals surface area contributed by atoms with Crippen molar-refractivity contribution in [3.63, 3.8) is 0 Å². The molecule has 0 aromatic heterocycles. The van der Waals surface area contributed by atoms with Crippen molar-refractivity contribution in [3.05, 3.63) is 122 Å². The number of unbranched alkanes of at least 4 members (excludes halogenated alkanes) is 28. The van der Waals surface area contributed by atoms with Crippen LogP contribution in [-0.2, 0) is 32.7 Å². The van der Waals surface area contributed by atoms with E-state index in [0.717, 1.165) is 109 Å². The van der Waals surface area contributed by atoms with Crippen LogP contribution < -0.4 is 0 Å². The molecule has 0 heterocycles. The Morgan fingerprint density at radius 2 is 0.679 bits per heavy atom. The number of phosphoric acid groups is 1. The van der Waals surface area contributed by atoms with Gasteiger partial charge in [-0.2, -0.15) is 0 Å². The number of likely N-dealkylation sites (N-methyl/N-ethyl adjacent to an activating group) is 1. The fraction of sp³-hybridized carbons (Fsp3) is 0.703. The van der Waals surface area contributed by atoms with E-state index in [1.165, 1.54) is 141 Å². The number of quaternary nitrogens is 1. The Morgan fingerprint density at radius 1 is 0.381 bits per heavy atom. The predicted octanol–water partition coefficient (Wildman–Crippen LogP) is 22.3. The summed E-state index contributed by atoms with van der Waals surface area (Å²) in [5.41, 5.74) is 0. The predicted molar refractivity (Wildman–Crippen MR) is 362 cm³/mol. The van der Waals surface area contributed by atoms with Gasteiger partial charge in [-0.05, 0) is 89.9 Å². The summed E-state index contributed by atoms with van der Waals surface area (Å²) in [4.78, 5) is 35.8. The maximum absolute atomic E-state index is 12.9. The molecule has 0 aromatic rings. The first-order valence-electron chi connectivity index (χ1n) is 34.3. The van der Waals surface area contributed by atoms with Gasteiger partial charge in [0.15, 0.2) is 6.10 Å². The number of carbonyl (C=O) groups is 2. The molecule has 0 bridgehead atoms. The van der Waals surface area contributed by atoms with Crippen LogP contribution in [0.5, 0.6) is 0 Å². The number of esters is 2. The highest BCUT2D eigenvalue weighted by Crippen LogP contribution is 2.43. The van der Waals surface area contributed by atoms with Crippen LogP contribution in [0.3, 0.4) is 0 Å². The molecule has 10 heteroatoms. The van der Waals surface area contributed by atoms with E-state index in [1.54, 1.807) is 0 Å². The van der Waals surface area contributed by atoms with Gasteiger partial charge in [0.1, 0.15) is 19.8 Å². The molecular weight excluding hydrogens is 1060 g/mol. The number of rotatable bonds is 62. The summed E-state index contributed by atoms with van der Waals surface area (Å²) in [6, 6.07) is 0. The molecule has 0 rings (SSSR count). The molecule has 0 radical (unpaired) electrons. The summed E-state index contributed by atoms with van der Waals surface area (Å²) in [5.74, 6) is -0.824. The van der Waals surface area contributed by atoms with Gasteiger partial charge in [-0.15, -0.1) is 0 Å². The molecule has 0 fully saturated rings. The first-order chi connectivity index (χ1) is 41.0. The molecule has 0 aliphatic carbocycles. The molecule has 0 amide bonds. The van der Waals surface area contributed by atoms with Gasteiger partial charge in [0.05, 0.1) is 27.7 Å². The molecule has 0 saturated carbocycles. The third kappa shape index (κ3) is 67.5. The van der Waals surface area contributed by atoms with Crippen molar-refractivity contribution in [1.29, 1.82) is 0 Å². The van der Waals surface area contributed by atoms with Gasteiger partial charge in [-0.1, -0.05) is 302 Å². The fourth-order valence-corrected chi connectivity index (χ4v) is 10.0. The Bertz CT molecular complexity index is 1830. The highest BCUT2D eigenvalue weighted by molar-refractivity contribution is 7.47. The summed E-state index contributed by atoms with van der Waals surface area (Å²) < 4.78 is 34.7. The Labute approximate surface area is 518 Å². The normalized spacial score (nSPS) is 13.9. The molecule has 2 atom stereocenters. The Balaban J connectivity index is 4.17. The van der Waals surface area contributed by atoms with Gasteiger partial charge in [0.25, 0.3) is 0 Å². The maximum Gasteiger partial charge on any atom is 0.472 e. The van der Waals surface area contributed by atoms with Gasteiger partial charge in [0, 0.05) is 12.8 Å². The first kappa shape index (κ1) is 80.4. The van der Waals surface area contributed by atoms with Crippen molar-refractivity contribution in [3.8, 4) is 0 Å². The molecular formula is C74H129NO8P+. The third-order valence-electron chi connectivity index (χ3n) is 14.5. The second-order valence-corrected chi connectivity index (χ2v) is 25.3. The van der Waals surface area contributed by atoms with Gasteiger partial charge < -0.3 is 18.9 Å². The summed E-state index contributed by atoms with van der Waals surface area (Å²) in [5, 5.41) is 0. The lowest BCUT2D eigenvalue weighted by Crippen LogP contribution is -2.37. The van der Waals surface area contributed by atoms with Gasteiger partial charge in [-0.3, -0.25) is 18.6 Å². The highest BCUT2D eigenvalue weighted by Gasteiger charge is 2.27. The van der Waals surface area contributed by atoms with Crippen molar-refractivity contribution >= 4 is 19.8 Å². The van der Waals surface area contributed by atoms with Crippen LogP contribution in [0.15, 0.2) is 122 Å². The zero-order valence-electron chi connectivity index (χ0n) is 54.9. The second-order valence-electron chi connectivity index (χ2n) is 23.8. The molecule has 84 heavy (non-hydrogen) atoms. The SMILES string of the molecule is CC/C=C\C/C=C\C/C=C\C/C=C\C/C=C\C/C=C\C/C=C\C/C=C\C/C=C\C/C=C\CCCCCCC(=O)OC(COC(=O)CCCCCCCCCCCCCCCCCCCCCCCCCCC)COP(=O)(O)OCC[N+](C)(C)C. The van der Waals surface area contributed by atoms with Crippen LogP contribution in [0.1, 0.15) is 284 Å². The van der Waals surface area contributed by atoms with E-state index in [-0.39, 0.29) is 32.0 Å². The minimum absolute atomic E-state index is 0.0216. The molecule has 0 aliphatic rings. The molecule has 0 aromatic carbocycles. The van der Waals surface area contributed by atoms with Crippen molar-refractivity contribution in [2.45, 2.75) is 290 Å². The van der Waals surface area contributed by atoms with E-state index in [1.807, 2.05) is 21.1 Å².